The fourth-order valence-electron chi connectivity index (χ4n) is 3.74. The summed E-state index contributed by atoms with van der Waals surface area (Å²) in [6.45, 7) is 7.68. The lowest BCUT2D eigenvalue weighted by Crippen LogP contribution is -2.29. The number of carbonyl (C=O) groups is 1. The van der Waals surface area contributed by atoms with E-state index in [0.717, 1.165) is 23.2 Å². The molecule has 3 aromatic rings. The molecule has 1 fully saturated rings. The molecule has 0 saturated carbocycles. The number of para-hydroxylation sites is 1. The van der Waals surface area contributed by atoms with E-state index in [1.807, 2.05) is 73.7 Å². The Hall–Kier alpha value is -3.51. The maximum Gasteiger partial charge on any atom is 0.266 e. The third-order valence-electron chi connectivity index (χ3n) is 5.36. The van der Waals surface area contributed by atoms with Crippen LogP contribution in [0.2, 0.25) is 0 Å². The Morgan fingerprint density at radius 3 is 2.51 bits per heavy atom. The van der Waals surface area contributed by atoms with Crippen LogP contribution in [0.5, 0.6) is 11.5 Å². The minimum Gasteiger partial charge on any atom is -0.490 e. The summed E-state index contributed by atoms with van der Waals surface area (Å²) in [4.78, 5) is 20.3. The predicted molar refractivity (Wildman–Crippen MR) is 144 cm³/mol. The van der Waals surface area contributed by atoms with Crippen molar-refractivity contribution in [3.05, 3.63) is 94.4 Å². The highest BCUT2D eigenvalue weighted by molar-refractivity contribution is 8.18. The Morgan fingerprint density at radius 1 is 0.943 bits per heavy atom. The summed E-state index contributed by atoms with van der Waals surface area (Å²) in [5.74, 6) is 1.32. The number of aliphatic imine (C=N–C) groups is 1. The zero-order chi connectivity index (χ0) is 24.6. The van der Waals surface area contributed by atoms with Gasteiger partial charge in [0.2, 0.25) is 0 Å². The number of thioether (sulfide) groups is 1. The van der Waals surface area contributed by atoms with Gasteiger partial charge in [-0.25, -0.2) is 4.99 Å². The topological polar surface area (TPSA) is 51.1 Å². The molecule has 0 N–H and O–H groups in total. The van der Waals surface area contributed by atoms with Crippen molar-refractivity contribution < 1.29 is 14.3 Å². The standard InChI is InChI=1S/C29H30N2O3S/c1-4-16-31-28(32)27(35-29(31)30-24-12-7-6-8-13-24)19-22-14-15-25(26(18-22)33-5-2)34-20-23-11-9-10-21(3)17-23/h6-15,17-19H,4-5,16,20H2,1-3H3/b27-19+,30-29?. The minimum atomic E-state index is -0.0238. The molecule has 0 radical (unpaired) electrons. The molecule has 6 heteroatoms. The molecular formula is C29H30N2O3S. The lowest BCUT2D eigenvalue weighted by atomic mass is 10.1. The number of benzene rings is 3. The molecule has 0 bridgehead atoms. The first-order valence-corrected chi connectivity index (χ1v) is 12.7. The molecule has 0 aliphatic carbocycles. The average molecular weight is 487 g/mol. The van der Waals surface area contributed by atoms with E-state index in [0.29, 0.717) is 41.3 Å². The highest BCUT2D eigenvalue weighted by Crippen LogP contribution is 2.36. The third kappa shape index (κ3) is 6.34. The highest BCUT2D eigenvalue weighted by atomic mass is 32.2. The highest BCUT2D eigenvalue weighted by Gasteiger charge is 2.32. The third-order valence-corrected chi connectivity index (χ3v) is 6.37. The summed E-state index contributed by atoms with van der Waals surface area (Å²) in [5, 5.41) is 0.706. The first-order valence-electron chi connectivity index (χ1n) is 11.9. The maximum atomic E-state index is 13.2. The number of aryl methyl sites for hydroxylation is 1. The molecule has 1 saturated heterocycles. The Labute approximate surface area is 211 Å². The van der Waals surface area contributed by atoms with Gasteiger partial charge in [-0.15, -0.1) is 0 Å². The van der Waals surface area contributed by atoms with Crippen molar-refractivity contribution in [2.24, 2.45) is 4.99 Å². The molecule has 4 rings (SSSR count). The van der Waals surface area contributed by atoms with Crippen LogP contribution >= 0.6 is 11.8 Å². The van der Waals surface area contributed by atoms with Gasteiger partial charge in [-0.1, -0.05) is 61.0 Å². The van der Waals surface area contributed by atoms with E-state index in [2.05, 4.69) is 26.0 Å². The smallest absolute Gasteiger partial charge is 0.266 e. The second-order valence-corrected chi connectivity index (χ2v) is 9.22. The quantitative estimate of drug-likeness (QED) is 0.306. The molecule has 1 amide bonds. The van der Waals surface area contributed by atoms with Gasteiger partial charge in [-0.3, -0.25) is 9.69 Å². The van der Waals surface area contributed by atoms with Crippen molar-refractivity contribution in [1.82, 2.24) is 4.90 Å². The Kier molecular flexibility index (Phi) is 8.27. The zero-order valence-corrected chi connectivity index (χ0v) is 21.2. The normalized spacial score (nSPS) is 15.7. The lowest BCUT2D eigenvalue weighted by molar-refractivity contribution is -0.122. The van der Waals surface area contributed by atoms with Crippen molar-refractivity contribution in [1.29, 1.82) is 0 Å². The number of ether oxygens (including phenoxy) is 2. The number of hydrogen-bond acceptors (Lipinski definition) is 5. The second kappa shape index (κ2) is 11.8. The van der Waals surface area contributed by atoms with Gasteiger partial charge in [0.15, 0.2) is 16.7 Å². The largest absolute Gasteiger partial charge is 0.490 e. The van der Waals surface area contributed by atoms with Gasteiger partial charge in [0.05, 0.1) is 17.2 Å². The molecule has 1 aliphatic heterocycles. The second-order valence-electron chi connectivity index (χ2n) is 8.21. The van der Waals surface area contributed by atoms with Gasteiger partial charge in [0, 0.05) is 6.54 Å². The molecule has 1 aliphatic rings. The fourth-order valence-corrected chi connectivity index (χ4v) is 4.77. The zero-order valence-electron chi connectivity index (χ0n) is 20.4. The Balaban J connectivity index is 1.57. The van der Waals surface area contributed by atoms with Crippen LogP contribution in [0, 0.1) is 6.92 Å². The van der Waals surface area contributed by atoms with Crippen LogP contribution in [-0.4, -0.2) is 29.1 Å². The molecule has 0 unspecified atom stereocenters. The molecular weight excluding hydrogens is 456 g/mol. The van der Waals surface area contributed by atoms with Crippen molar-refractivity contribution >= 4 is 34.6 Å². The van der Waals surface area contributed by atoms with Gasteiger partial charge in [-0.05, 0) is 73.5 Å². The summed E-state index contributed by atoms with van der Waals surface area (Å²) in [5.41, 5.74) is 4.01. The van der Waals surface area contributed by atoms with Crippen LogP contribution in [0.15, 0.2) is 82.7 Å². The molecule has 35 heavy (non-hydrogen) atoms. The van der Waals surface area contributed by atoms with Crippen LogP contribution in [-0.2, 0) is 11.4 Å². The van der Waals surface area contributed by atoms with Crippen molar-refractivity contribution in [2.45, 2.75) is 33.8 Å². The average Bonchev–Trinajstić information content (AvgIpc) is 3.13. The minimum absolute atomic E-state index is 0.0238. The summed E-state index contributed by atoms with van der Waals surface area (Å²) in [6.07, 6.45) is 2.75. The lowest BCUT2D eigenvalue weighted by Gasteiger charge is -2.14. The van der Waals surface area contributed by atoms with Crippen LogP contribution < -0.4 is 9.47 Å². The summed E-state index contributed by atoms with van der Waals surface area (Å²) in [6, 6.07) is 23.7. The fraction of sp³-hybridized carbons (Fsp3) is 0.241. The number of amides is 1. The summed E-state index contributed by atoms with van der Waals surface area (Å²) < 4.78 is 11.9. The molecule has 5 nitrogen and oxygen atoms in total. The number of amidine groups is 1. The van der Waals surface area contributed by atoms with Gasteiger partial charge in [-0.2, -0.15) is 0 Å². The monoisotopic (exact) mass is 486 g/mol. The number of hydrogen-bond donors (Lipinski definition) is 0. The van der Waals surface area contributed by atoms with Gasteiger partial charge < -0.3 is 9.47 Å². The number of nitrogens with zero attached hydrogens (tertiary/aromatic N) is 2. The summed E-state index contributed by atoms with van der Waals surface area (Å²) >= 11 is 1.40. The Bertz CT molecular complexity index is 1240. The van der Waals surface area contributed by atoms with Crippen LogP contribution in [0.25, 0.3) is 6.08 Å². The number of rotatable bonds is 9. The van der Waals surface area contributed by atoms with Crippen LogP contribution in [0.4, 0.5) is 5.69 Å². The van der Waals surface area contributed by atoms with Gasteiger partial charge in [0.1, 0.15) is 6.61 Å². The van der Waals surface area contributed by atoms with E-state index in [1.54, 1.807) is 4.90 Å². The number of carbonyl (C=O) groups excluding carboxylic acids is 1. The van der Waals surface area contributed by atoms with Crippen molar-refractivity contribution in [2.75, 3.05) is 13.2 Å². The molecule has 0 aromatic heterocycles. The van der Waals surface area contributed by atoms with E-state index >= 15 is 0 Å². The molecule has 1 heterocycles. The SMILES string of the molecule is CCCN1C(=O)/C(=C\c2ccc(OCc3cccc(C)c3)c(OCC)c2)SC1=Nc1ccccc1. The van der Waals surface area contributed by atoms with Crippen LogP contribution in [0.1, 0.15) is 37.0 Å². The summed E-state index contributed by atoms with van der Waals surface area (Å²) in [7, 11) is 0. The van der Waals surface area contributed by atoms with Crippen molar-refractivity contribution in [3.8, 4) is 11.5 Å². The van der Waals surface area contributed by atoms with Crippen molar-refractivity contribution in [3.63, 3.8) is 0 Å². The molecule has 180 valence electrons. The van der Waals surface area contributed by atoms with E-state index in [-0.39, 0.29) is 5.91 Å². The first kappa shape index (κ1) is 24.6. The first-order chi connectivity index (χ1) is 17.1. The van der Waals surface area contributed by atoms with E-state index in [9.17, 15) is 4.79 Å². The van der Waals surface area contributed by atoms with Crippen LogP contribution in [0.3, 0.4) is 0 Å². The van der Waals surface area contributed by atoms with E-state index in [1.165, 1.54) is 17.3 Å². The van der Waals surface area contributed by atoms with E-state index in [4.69, 9.17) is 14.5 Å². The molecule has 0 spiro atoms. The van der Waals surface area contributed by atoms with Gasteiger partial charge >= 0.3 is 0 Å². The molecule has 3 aromatic carbocycles. The maximum absolute atomic E-state index is 13.2. The van der Waals surface area contributed by atoms with E-state index < -0.39 is 0 Å². The predicted octanol–water partition coefficient (Wildman–Crippen LogP) is 6.99. The molecule has 0 atom stereocenters. The van der Waals surface area contributed by atoms with Gasteiger partial charge in [0.25, 0.3) is 5.91 Å². The Morgan fingerprint density at radius 2 is 1.77 bits per heavy atom.